The van der Waals surface area contributed by atoms with Crippen molar-refractivity contribution in [3.05, 3.63) is 0 Å². The molecule has 2 unspecified atom stereocenters. The summed E-state index contributed by atoms with van der Waals surface area (Å²) < 4.78 is 0. The lowest BCUT2D eigenvalue weighted by Crippen LogP contribution is -2.36. The van der Waals surface area contributed by atoms with E-state index >= 15 is 0 Å². The van der Waals surface area contributed by atoms with Gasteiger partial charge in [-0.2, -0.15) is 0 Å². The van der Waals surface area contributed by atoms with Gasteiger partial charge in [-0.3, -0.25) is 9.59 Å². The second-order valence-electron chi connectivity index (χ2n) is 7.81. The summed E-state index contributed by atoms with van der Waals surface area (Å²) in [5.41, 5.74) is -0.947. The average molecular weight is 422 g/mol. The first kappa shape index (κ1) is 30.0. The standard InChI is InChI=1S/C21H40O6.H3NO/c1-2-3-4-11-14-21(20(26)27,16-18(23)17-22)15-12-9-7-5-6-8-10-13-19(24)25;1-2/h18,22-23H,2-17H2,1H3,(H,24,25)(H,26,27);2H,1H2. The molecule has 8 nitrogen and oxygen atoms in total. The fourth-order valence-electron chi connectivity index (χ4n) is 3.66. The Kier molecular flexibility index (Phi) is 20.7. The number of carboxylic acid groups (broad SMARTS) is 2. The van der Waals surface area contributed by atoms with Gasteiger partial charge in [-0.15, -0.1) is 0 Å². The lowest BCUT2D eigenvalue weighted by molar-refractivity contribution is -0.153. The summed E-state index contributed by atoms with van der Waals surface area (Å²) in [6.45, 7) is 1.71. The van der Waals surface area contributed by atoms with Gasteiger partial charge in [-0.05, 0) is 25.7 Å². The maximum absolute atomic E-state index is 12.0. The van der Waals surface area contributed by atoms with Gasteiger partial charge in [-0.1, -0.05) is 71.1 Å². The predicted molar refractivity (Wildman–Crippen MR) is 112 cm³/mol. The number of hydrogen-bond donors (Lipinski definition) is 6. The summed E-state index contributed by atoms with van der Waals surface area (Å²) in [6, 6.07) is 0. The van der Waals surface area contributed by atoms with E-state index in [0.717, 1.165) is 64.2 Å². The molecule has 174 valence electrons. The average Bonchev–Trinajstić information content (AvgIpc) is 2.70. The summed E-state index contributed by atoms with van der Waals surface area (Å²) in [4.78, 5) is 22.4. The van der Waals surface area contributed by atoms with Gasteiger partial charge in [-0.25, -0.2) is 5.90 Å². The van der Waals surface area contributed by atoms with E-state index in [2.05, 4.69) is 12.8 Å². The molecule has 0 aliphatic carbocycles. The Morgan fingerprint density at radius 1 is 0.828 bits per heavy atom. The van der Waals surface area contributed by atoms with Gasteiger partial charge in [0, 0.05) is 6.42 Å². The number of hydrogen-bond acceptors (Lipinski definition) is 6. The number of unbranched alkanes of at least 4 members (excludes halogenated alkanes) is 9. The maximum Gasteiger partial charge on any atom is 0.309 e. The Hall–Kier alpha value is -1.22. The molecule has 0 fully saturated rings. The molecule has 0 amide bonds. The molecular weight excluding hydrogens is 378 g/mol. The molecule has 0 spiro atoms. The third-order valence-corrected chi connectivity index (χ3v) is 5.35. The van der Waals surface area contributed by atoms with E-state index in [0.29, 0.717) is 19.3 Å². The van der Waals surface area contributed by atoms with E-state index < -0.39 is 30.1 Å². The molecular formula is C21H43NO7. The molecule has 0 heterocycles. The molecule has 0 aromatic heterocycles. The van der Waals surface area contributed by atoms with Crippen LogP contribution >= 0.6 is 0 Å². The largest absolute Gasteiger partial charge is 0.481 e. The van der Waals surface area contributed by atoms with Gasteiger partial charge in [0.05, 0.1) is 18.1 Å². The van der Waals surface area contributed by atoms with Crippen molar-refractivity contribution in [3.63, 3.8) is 0 Å². The number of aliphatic hydroxyl groups is 2. The molecule has 8 heteroatoms. The predicted octanol–water partition coefficient (Wildman–Crippen LogP) is 3.70. The first-order valence-electron chi connectivity index (χ1n) is 10.9. The minimum Gasteiger partial charge on any atom is -0.481 e. The molecule has 0 saturated carbocycles. The summed E-state index contributed by atoms with van der Waals surface area (Å²) in [5.74, 6) is 1.89. The van der Waals surface area contributed by atoms with Crippen LogP contribution in [0.15, 0.2) is 0 Å². The third kappa shape index (κ3) is 16.3. The van der Waals surface area contributed by atoms with Crippen LogP contribution in [-0.2, 0) is 9.59 Å². The molecule has 0 aromatic carbocycles. The first-order valence-corrected chi connectivity index (χ1v) is 10.9. The third-order valence-electron chi connectivity index (χ3n) is 5.35. The lowest BCUT2D eigenvalue weighted by atomic mass is 9.74. The van der Waals surface area contributed by atoms with Gasteiger partial charge < -0.3 is 25.6 Å². The highest BCUT2D eigenvalue weighted by molar-refractivity contribution is 5.74. The molecule has 0 aliphatic heterocycles. The number of nitrogens with two attached hydrogens (primary N) is 1. The zero-order valence-corrected chi connectivity index (χ0v) is 18.0. The van der Waals surface area contributed by atoms with E-state index in [1.165, 1.54) is 0 Å². The molecule has 29 heavy (non-hydrogen) atoms. The molecule has 0 bridgehead atoms. The van der Waals surface area contributed by atoms with Crippen molar-refractivity contribution in [1.29, 1.82) is 0 Å². The summed E-state index contributed by atoms with van der Waals surface area (Å²) in [6.07, 6.45) is 10.9. The Bertz CT molecular complexity index is 406. The number of carbonyl (C=O) groups is 2. The van der Waals surface area contributed by atoms with E-state index in [1.54, 1.807) is 0 Å². The zero-order chi connectivity index (χ0) is 22.5. The Labute approximate surface area is 175 Å². The second-order valence-corrected chi connectivity index (χ2v) is 7.81. The highest BCUT2D eigenvalue weighted by Gasteiger charge is 2.39. The second kappa shape index (κ2) is 20.1. The molecule has 0 aliphatic rings. The van der Waals surface area contributed by atoms with Gasteiger partial charge in [0.15, 0.2) is 0 Å². The Morgan fingerprint density at radius 3 is 1.69 bits per heavy atom. The van der Waals surface area contributed by atoms with Crippen molar-refractivity contribution < 1.29 is 35.2 Å². The lowest BCUT2D eigenvalue weighted by Gasteiger charge is -2.31. The van der Waals surface area contributed by atoms with Crippen LogP contribution in [0.4, 0.5) is 0 Å². The van der Waals surface area contributed by atoms with Crippen LogP contribution in [0.5, 0.6) is 0 Å². The van der Waals surface area contributed by atoms with Crippen molar-refractivity contribution >= 4 is 11.9 Å². The molecule has 0 saturated heterocycles. The smallest absolute Gasteiger partial charge is 0.309 e. The first-order chi connectivity index (χ1) is 13.9. The van der Waals surface area contributed by atoms with Gasteiger partial charge in [0.25, 0.3) is 0 Å². The fourth-order valence-corrected chi connectivity index (χ4v) is 3.66. The number of rotatable bonds is 19. The van der Waals surface area contributed by atoms with Crippen molar-refractivity contribution in [3.8, 4) is 0 Å². The normalized spacial score (nSPS) is 13.8. The van der Waals surface area contributed by atoms with E-state index in [1.807, 2.05) is 0 Å². The van der Waals surface area contributed by atoms with Crippen LogP contribution in [0.3, 0.4) is 0 Å². The molecule has 0 rings (SSSR count). The van der Waals surface area contributed by atoms with Gasteiger partial charge >= 0.3 is 11.9 Å². The van der Waals surface area contributed by atoms with Crippen molar-refractivity contribution in [2.75, 3.05) is 6.61 Å². The van der Waals surface area contributed by atoms with Crippen LogP contribution in [-0.4, -0.2) is 50.3 Å². The monoisotopic (exact) mass is 421 g/mol. The highest BCUT2D eigenvalue weighted by Crippen LogP contribution is 2.37. The minimum atomic E-state index is -0.985. The zero-order valence-electron chi connectivity index (χ0n) is 18.0. The van der Waals surface area contributed by atoms with Crippen LogP contribution in [0, 0.1) is 5.41 Å². The summed E-state index contributed by atoms with van der Waals surface area (Å²) >= 11 is 0. The number of aliphatic carboxylic acids is 2. The van der Waals surface area contributed by atoms with Crippen LogP contribution in [0.25, 0.3) is 0 Å². The Balaban J connectivity index is 0. The van der Waals surface area contributed by atoms with E-state index in [9.17, 15) is 19.8 Å². The fraction of sp³-hybridized carbons (Fsp3) is 0.905. The summed E-state index contributed by atoms with van der Waals surface area (Å²) in [5, 5.41) is 43.9. The molecule has 0 radical (unpaired) electrons. The molecule has 7 N–H and O–H groups in total. The van der Waals surface area contributed by atoms with Crippen LogP contribution in [0.1, 0.15) is 103 Å². The van der Waals surface area contributed by atoms with Crippen molar-refractivity contribution in [2.45, 2.75) is 109 Å². The van der Waals surface area contributed by atoms with Crippen LogP contribution in [0.2, 0.25) is 0 Å². The van der Waals surface area contributed by atoms with Crippen molar-refractivity contribution in [2.24, 2.45) is 11.3 Å². The summed E-state index contributed by atoms with van der Waals surface area (Å²) in [7, 11) is 0. The van der Waals surface area contributed by atoms with Gasteiger partial charge in [0.2, 0.25) is 0 Å². The SMILES string of the molecule is CCCCCCC(CCCCCCCCCC(=O)O)(CC(O)CO)C(=O)O.NO. The Morgan fingerprint density at radius 2 is 1.28 bits per heavy atom. The van der Waals surface area contributed by atoms with Crippen LogP contribution < -0.4 is 5.90 Å². The topological polar surface area (TPSA) is 161 Å². The molecule has 2 atom stereocenters. The van der Waals surface area contributed by atoms with Gasteiger partial charge in [0.1, 0.15) is 0 Å². The van der Waals surface area contributed by atoms with E-state index in [-0.39, 0.29) is 12.8 Å². The number of carboxylic acids is 2. The quantitative estimate of drug-likeness (QED) is 0.136. The number of aliphatic hydroxyl groups excluding tert-OH is 2. The highest BCUT2D eigenvalue weighted by atomic mass is 16.4. The maximum atomic E-state index is 12.0. The molecule has 0 aromatic rings. The van der Waals surface area contributed by atoms with E-state index in [4.69, 9.17) is 15.4 Å². The minimum absolute atomic E-state index is 0.111. The van der Waals surface area contributed by atoms with Crippen molar-refractivity contribution in [1.82, 2.24) is 0 Å².